The first-order chi connectivity index (χ1) is 10.1. The number of pyridine rings is 1. The van der Waals surface area contributed by atoms with Crippen molar-refractivity contribution in [1.29, 1.82) is 0 Å². The van der Waals surface area contributed by atoms with Crippen molar-refractivity contribution in [2.45, 2.75) is 17.6 Å². The highest BCUT2D eigenvalue weighted by Crippen LogP contribution is 2.33. The van der Waals surface area contributed by atoms with Crippen LogP contribution in [0.3, 0.4) is 0 Å². The van der Waals surface area contributed by atoms with Gasteiger partial charge in [-0.25, -0.2) is 9.78 Å². The second-order valence-electron chi connectivity index (χ2n) is 4.70. The van der Waals surface area contributed by atoms with Gasteiger partial charge in [-0.05, 0) is 35.9 Å². The van der Waals surface area contributed by atoms with Crippen LogP contribution in [0.4, 0.5) is 0 Å². The quantitative estimate of drug-likeness (QED) is 0.838. The van der Waals surface area contributed by atoms with Gasteiger partial charge in [0.2, 0.25) is 0 Å². The van der Waals surface area contributed by atoms with Crippen LogP contribution in [0.25, 0.3) is 0 Å². The number of hydrogen-bond donors (Lipinski definition) is 1. The molecule has 0 radical (unpaired) electrons. The fourth-order valence-electron chi connectivity index (χ4n) is 2.15. The number of carboxylic acids is 1. The number of carboxylic acid groups (broad SMARTS) is 1. The molecule has 0 bridgehead atoms. The van der Waals surface area contributed by atoms with E-state index < -0.39 is 5.97 Å². The minimum Gasteiger partial charge on any atom is -0.489 e. The molecule has 21 heavy (non-hydrogen) atoms. The van der Waals surface area contributed by atoms with E-state index in [9.17, 15) is 4.79 Å². The lowest BCUT2D eigenvalue weighted by Crippen LogP contribution is -2.15. The Morgan fingerprint density at radius 1 is 1.43 bits per heavy atom. The predicted octanol–water partition coefficient (Wildman–Crippen LogP) is 3.64. The van der Waals surface area contributed by atoms with Crippen LogP contribution in [0.15, 0.2) is 46.0 Å². The molecule has 2 heterocycles. The predicted molar refractivity (Wildman–Crippen MR) is 84.2 cm³/mol. The molecule has 0 spiro atoms. The number of rotatable bonds is 4. The molecular formula is C15H12BrNO3S. The van der Waals surface area contributed by atoms with E-state index in [0.717, 1.165) is 27.4 Å². The zero-order valence-electron chi connectivity index (χ0n) is 11.0. The van der Waals surface area contributed by atoms with E-state index in [1.807, 2.05) is 12.1 Å². The van der Waals surface area contributed by atoms with Gasteiger partial charge in [0.1, 0.15) is 11.9 Å². The Kier molecular flexibility index (Phi) is 4.17. The Morgan fingerprint density at radius 2 is 2.29 bits per heavy atom. The van der Waals surface area contributed by atoms with Crippen LogP contribution in [-0.4, -0.2) is 27.9 Å². The number of fused-ring (bicyclic) bond motifs is 1. The van der Waals surface area contributed by atoms with E-state index in [0.29, 0.717) is 0 Å². The molecule has 3 rings (SSSR count). The van der Waals surface area contributed by atoms with Crippen molar-refractivity contribution in [3.05, 3.63) is 52.1 Å². The van der Waals surface area contributed by atoms with Crippen molar-refractivity contribution in [3.63, 3.8) is 0 Å². The first-order valence-corrected chi connectivity index (χ1v) is 8.17. The summed E-state index contributed by atoms with van der Waals surface area (Å²) in [5, 5.41) is 9.64. The lowest BCUT2D eigenvalue weighted by atomic mass is 10.1. The van der Waals surface area contributed by atoms with Crippen molar-refractivity contribution >= 4 is 33.7 Å². The average Bonchev–Trinajstić information content (AvgIpc) is 2.87. The van der Waals surface area contributed by atoms with Gasteiger partial charge in [0, 0.05) is 22.8 Å². The SMILES string of the molecule is O=C(O)c1ccc(SCC2Cc3cc(Br)ccc3O2)nc1. The molecule has 1 aliphatic heterocycles. The van der Waals surface area contributed by atoms with Gasteiger partial charge in [-0.1, -0.05) is 15.9 Å². The first-order valence-electron chi connectivity index (χ1n) is 6.39. The van der Waals surface area contributed by atoms with Crippen LogP contribution in [-0.2, 0) is 6.42 Å². The zero-order valence-corrected chi connectivity index (χ0v) is 13.4. The molecule has 6 heteroatoms. The van der Waals surface area contributed by atoms with Crippen LogP contribution in [0.5, 0.6) is 5.75 Å². The molecule has 1 aromatic carbocycles. The van der Waals surface area contributed by atoms with Crippen LogP contribution in [0.2, 0.25) is 0 Å². The minimum atomic E-state index is -0.959. The van der Waals surface area contributed by atoms with Gasteiger partial charge >= 0.3 is 5.97 Å². The fraction of sp³-hybridized carbons (Fsp3) is 0.200. The lowest BCUT2D eigenvalue weighted by Gasteiger charge is -2.09. The summed E-state index contributed by atoms with van der Waals surface area (Å²) >= 11 is 5.03. The molecule has 2 aromatic rings. The topological polar surface area (TPSA) is 59.4 Å². The smallest absolute Gasteiger partial charge is 0.337 e. The second kappa shape index (κ2) is 6.07. The van der Waals surface area contributed by atoms with Crippen molar-refractivity contribution in [2.75, 3.05) is 5.75 Å². The minimum absolute atomic E-state index is 0.125. The molecule has 1 aliphatic rings. The van der Waals surface area contributed by atoms with Gasteiger partial charge in [-0.2, -0.15) is 0 Å². The Bertz CT molecular complexity index is 675. The van der Waals surface area contributed by atoms with Gasteiger partial charge in [0.05, 0.1) is 10.6 Å². The van der Waals surface area contributed by atoms with Gasteiger partial charge in [0.25, 0.3) is 0 Å². The van der Waals surface area contributed by atoms with Crippen molar-refractivity contribution in [3.8, 4) is 5.75 Å². The van der Waals surface area contributed by atoms with Crippen molar-refractivity contribution in [2.24, 2.45) is 0 Å². The first kappa shape index (κ1) is 14.4. The summed E-state index contributed by atoms with van der Waals surface area (Å²) in [6.45, 7) is 0. The third-order valence-corrected chi connectivity index (χ3v) is 4.73. The number of ether oxygens (including phenoxy) is 1. The summed E-state index contributed by atoms with van der Waals surface area (Å²) in [6.07, 6.45) is 2.39. The number of benzene rings is 1. The zero-order chi connectivity index (χ0) is 14.8. The number of aromatic nitrogens is 1. The number of carbonyl (C=O) groups is 1. The molecule has 0 aliphatic carbocycles. The maximum Gasteiger partial charge on any atom is 0.337 e. The molecule has 1 aromatic heterocycles. The summed E-state index contributed by atoms with van der Waals surface area (Å²) in [5.74, 6) is 0.767. The maximum absolute atomic E-state index is 10.8. The van der Waals surface area contributed by atoms with E-state index in [2.05, 4.69) is 27.0 Å². The number of thioether (sulfide) groups is 1. The van der Waals surface area contributed by atoms with Crippen LogP contribution < -0.4 is 4.74 Å². The van der Waals surface area contributed by atoms with E-state index in [4.69, 9.17) is 9.84 Å². The molecule has 108 valence electrons. The Morgan fingerprint density at radius 3 is 3.00 bits per heavy atom. The molecule has 1 unspecified atom stereocenters. The van der Waals surface area contributed by atoms with E-state index in [-0.39, 0.29) is 11.7 Å². The summed E-state index contributed by atoms with van der Waals surface area (Å²) in [5.41, 5.74) is 1.41. The molecule has 0 fully saturated rings. The maximum atomic E-state index is 10.8. The van der Waals surface area contributed by atoms with Crippen molar-refractivity contribution in [1.82, 2.24) is 4.98 Å². The van der Waals surface area contributed by atoms with Crippen molar-refractivity contribution < 1.29 is 14.6 Å². The molecule has 1 atom stereocenters. The Balaban J connectivity index is 1.58. The highest BCUT2D eigenvalue weighted by atomic mass is 79.9. The molecule has 0 amide bonds. The lowest BCUT2D eigenvalue weighted by molar-refractivity contribution is 0.0696. The Labute approximate surface area is 134 Å². The van der Waals surface area contributed by atoms with Gasteiger partial charge < -0.3 is 9.84 Å². The van der Waals surface area contributed by atoms with Gasteiger partial charge in [-0.15, -0.1) is 11.8 Å². The molecule has 0 saturated carbocycles. The van der Waals surface area contributed by atoms with Crippen LogP contribution in [0, 0.1) is 0 Å². The van der Waals surface area contributed by atoms with Gasteiger partial charge in [-0.3, -0.25) is 0 Å². The van der Waals surface area contributed by atoms with Gasteiger partial charge in [0.15, 0.2) is 0 Å². The third-order valence-electron chi connectivity index (χ3n) is 3.16. The largest absolute Gasteiger partial charge is 0.489 e. The molecule has 1 N–H and O–H groups in total. The summed E-state index contributed by atoms with van der Waals surface area (Å²) in [6, 6.07) is 9.33. The fourth-order valence-corrected chi connectivity index (χ4v) is 3.40. The average molecular weight is 366 g/mol. The van der Waals surface area contributed by atoms with E-state index >= 15 is 0 Å². The van der Waals surface area contributed by atoms with Crippen LogP contribution in [0.1, 0.15) is 15.9 Å². The highest BCUT2D eigenvalue weighted by Gasteiger charge is 2.23. The number of halogens is 1. The van der Waals surface area contributed by atoms with Crippen LogP contribution >= 0.6 is 27.7 Å². The number of aromatic carboxylic acids is 1. The summed E-state index contributed by atoms with van der Waals surface area (Å²) < 4.78 is 6.94. The molecular weight excluding hydrogens is 354 g/mol. The Hall–Kier alpha value is -1.53. The monoisotopic (exact) mass is 365 g/mol. The molecule has 4 nitrogen and oxygen atoms in total. The normalized spacial score (nSPS) is 16.3. The second-order valence-corrected chi connectivity index (χ2v) is 6.65. The number of nitrogens with zero attached hydrogens (tertiary/aromatic N) is 1. The van der Waals surface area contributed by atoms with E-state index in [1.165, 1.54) is 11.8 Å². The van der Waals surface area contributed by atoms with E-state index in [1.54, 1.807) is 23.9 Å². The standard InChI is InChI=1S/C15H12BrNO3S/c16-11-2-3-13-10(5-11)6-12(20-13)8-21-14-4-1-9(7-17-14)15(18)19/h1-5,7,12H,6,8H2,(H,18,19). The number of hydrogen-bond acceptors (Lipinski definition) is 4. The third kappa shape index (κ3) is 3.39. The summed E-state index contributed by atoms with van der Waals surface area (Å²) in [7, 11) is 0. The molecule has 0 saturated heterocycles. The highest BCUT2D eigenvalue weighted by molar-refractivity contribution is 9.10. The summed E-state index contributed by atoms with van der Waals surface area (Å²) in [4.78, 5) is 14.9.